The van der Waals surface area contributed by atoms with Crippen molar-refractivity contribution < 1.29 is 29.0 Å². The smallest absolute Gasteiger partial charge is 0.306 e. The van der Waals surface area contributed by atoms with Crippen LogP contribution in [0.2, 0.25) is 0 Å². The Morgan fingerprint density at radius 3 is 2.58 bits per heavy atom. The number of esters is 2. The van der Waals surface area contributed by atoms with Crippen molar-refractivity contribution in [1.82, 2.24) is 9.78 Å². The number of halogens is 1. The molecule has 4 aliphatic rings. The minimum atomic E-state index is -1.53. The molecule has 0 radical (unpaired) electrons. The fraction of sp³-hybridized carbons (Fsp3) is 0.611. The zero-order valence-electron chi connectivity index (χ0n) is 27.1. The first kappa shape index (κ1) is 32.0. The molecule has 6 rings (SSSR count). The number of ketones is 1. The van der Waals surface area contributed by atoms with E-state index in [0.717, 1.165) is 28.9 Å². The summed E-state index contributed by atoms with van der Waals surface area (Å²) in [5, 5.41) is 16.8. The number of carbonyl (C=O) groups excluding carboxylic acids is 3. The van der Waals surface area contributed by atoms with Crippen molar-refractivity contribution in [3.8, 4) is 5.69 Å². The number of nitrogens with zero attached hydrogens (tertiary/aromatic N) is 2. The molecule has 0 bridgehead atoms. The molecular weight excluding hydrogens is 592 g/mol. The number of hydrogen-bond donors (Lipinski definition) is 1. The second-order valence-corrected chi connectivity index (χ2v) is 14.9. The van der Waals surface area contributed by atoms with Crippen LogP contribution in [0.3, 0.4) is 0 Å². The predicted molar refractivity (Wildman–Crippen MR) is 171 cm³/mol. The fourth-order valence-corrected chi connectivity index (χ4v) is 10.3. The number of aryl methyl sites for hydroxylation is 1. The monoisotopic (exact) mass is 636 g/mol. The molecule has 9 atom stereocenters. The molecule has 9 heteroatoms. The zero-order chi connectivity index (χ0) is 32.5. The largest absolute Gasteiger partial charge is 0.457 e. The van der Waals surface area contributed by atoms with Gasteiger partial charge in [0.2, 0.25) is 5.78 Å². The Morgan fingerprint density at radius 1 is 1.16 bits per heavy atom. The van der Waals surface area contributed by atoms with Gasteiger partial charge in [-0.2, -0.15) is 5.10 Å². The number of fused-ring (bicyclic) bond motifs is 6. The number of aromatic nitrogens is 2. The van der Waals surface area contributed by atoms with E-state index < -0.39 is 41.4 Å². The van der Waals surface area contributed by atoms with Crippen molar-refractivity contribution >= 4 is 35.4 Å². The maximum Gasteiger partial charge on any atom is 0.306 e. The van der Waals surface area contributed by atoms with Gasteiger partial charge in [-0.3, -0.25) is 14.4 Å². The van der Waals surface area contributed by atoms with Crippen LogP contribution in [0.5, 0.6) is 0 Å². The number of benzene rings is 1. The van der Waals surface area contributed by atoms with Gasteiger partial charge in [0.05, 0.1) is 17.5 Å². The molecule has 1 aromatic heterocycles. The molecule has 1 N–H and O–H groups in total. The number of alkyl halides is 1. The lowest BCUT2D eigenvalue weighted by Crippen LogP contribution is -2.66. The number of aliphatic hydroxyl groups excluding tert-OH is 1. The van der Waals surface area contributed by atoms with Gasteiger partial charge >= 0.3 is 11.9 Å². The van der Waals surface area contributed by atoms with Crippen LogP contribution >= 0.6 is 11.6 Å². The Labute approximate surface area is 270 Å². The molecule has 0 unspecified atom stereocenters. The number of allylic oxidation sites excluding steroid dienone is 1. The van der Waals surface area contributed by atoms with Gasteiger partial charge in [0, 0.05) is 35.7 Å². The number of ether oxygens (including phenoxy) is 2. The summed E-state index contributed by atoms with van der Waals surface area (Å²) in [6, 6.07) is 8.26. The maximum atomic E-state index is 14.1. The number of carbonyl (C=O) groups is 3. The Hall–Kier alpha value is -2.97. The van der Waals surface area contributed by atoms with Crippen LogP contribution in [0.4, 0.5) is 0 Å². The number of hydrogen-bond acceptors (Lipinski definition) is 7. The first-order valence-electron chi connectivity index (χ1n) is 16.4. The topological polar surface area (TPSA) is 108 Å². The minimum absolute atomic E-state index is 0.0892. The van der Waals surface area contributed by atoms with Gasteiger partial charge in [0.25, 0.3) is 0 Å². The van der Waals surface area contributed by atoms with Crippen molar-refractivity contribution in [3.63, 3.8) is 0 Å². The van der Waals surface area contributed by atoms with Gasteiger partial charge in [-0.1, -0.05) is 52.3 Å². The number of aliphatic hydroxyl groups is 1. The molecule has 0 aliphatic heterocycles. The Bertz CT molecular complexity index is 1570. The lowest BCUT2D eigenvalue weighted by Gasteiger charge is -2.61. The molecule has 1 aromatic carbocycles. The lowest BCUT2D eigenvalue weighted by atomic mass is 9.45. The summed E-state index contributed by atoms with van der Waals surface area (Å²) in [4.78, 5) is 39.1. The molecule has 2 aromatic rings. The van der Waals surface area contributed by atoms with E-state index in [4.69, 9.17) is 26.2 Å². The van der Waals surface area contributed by atoms with Crippen LogP contribution < -0.4 is 0 Å². The molecule has 0 saturated heterocycles. The molecular formula is C36H45ClN2O6. The van der Waals surface area contributed by atoms with Crippen LogP contribution in [-0.2, 0) is 30.3 Å². The molecule has 3 fully saturated rings. The summed E-state index contributed by atoms with van der Waals surface area (Å²) < 4.78 is 13.4. The number of rotatable bonds is 7. The Kier molecular flexibility index (Phi) is 8.09. The van der Waals surface area contributed by atoms with E-state index in [1.807, 2.05) is 30.7 Å². The highest BCUT2D eigenvalue weighted by Gasteiger charge is 2.74. The third-order valence-corrected chi connectivity index (χ3v) is 12.2. The van der Waals surface area contributed by atoms with Crippen molar-refractivity contribution in [2.75, 3.05) is 6.61 Å². The average molecular weight is 637 g/mol. The second kappa shape index (κ2) is 11.4. The first-order chi connectivity index (χ1) is 21.3. The third-order valence-electron chi connectivity index (χ3n) is 11.8. The molecule has 4 aliphatic carbocycles. The van der Waals surface area contributed by atoms with Crippen LogP contribution in [-0.4, -0.2) is 56.3 Å². The average Bonchev–Trinajstić information content (AvgIpc) is 3.49. The second-order valence-electron chi connectivity index (χ2n) is 14.3. The van der Waals surface area contributed by atoms with E-state index in [1.165, 1.54) is 5.57 Å². The van der Waals surface area contributed by atoms with Crippen molar-refractivity contribution in [2.24, 2.45) is 34.5 Å². The standard InChI is InChI=1S/C36H45ClN2O6/c1-7-30(42)44-19-29(41)36(45-31(43)8-2)21(4)13-25-32-26(37)14-23-15-27-22(18-39(38-27)24-11-9-10-20(3)12-24)16-34(23,5)33(32)28(40)17-35(25,36)6/h9-12,15,18,21,25-26,28,32-33,40H,7-8,13-14,16-17,19H2,1-6H3/t21-,25+,26-,28+,32-,33+,34+,35+,36+/m1/s1. The molecule has 242 valence electrons. The van der Waals surface area contributed by atoms with Crippen molar-refractivity contribution in [3.05, 3.63) is 52.9 Å². The summed E-state index contributed by atoms with van der Waals surface area (Å²) in [5.41, 5.74) is 2.65. The molecule has 0 amide bonds. The van der Waals surface area contributed by atoms with Crippen LogP contribution in [0.1, 0.15) is 83.5 Å². The van der Waals surface area contributed by atoms with E-state index in [9.17, 15) is 19.5 Å². The Morgan fingerprint density at radius 2 is 1.89 bits per heavy atom. The molecule has 8 nitrogen and oxygen atoms in total. The number of Topliss-reactive ketones (excluding diaryl/α,β-unsaturated/α-hetero) is 1. The quantitative estimate of drug-likeness (QED) is 0.293. The normalized spacial score (nSPS) is 36.6. The molecule has 45 heavy (non-hydrogen) atoms. The van der Waals surface area contributed by atoms with Crippen molar-refractivity contribution in [2.45, 2.75) is 97.1 Å². The van der Waals surface area contributed by atoms with E-state index in [-0.39, 0.29) is 53.7 Å². The molecule has 1 heterocycles. The summed E-state index contributed by atoms with van der Waals surface area (Å²) in [7, 11) is 0. The third kappa shape index (κ3) is 4.81. The van der Waals surface area contributed by atoms with E-state index in [0.29, 0.717) is 12.8 Å². The van der Waals surface area contributed by atoms with Gasteiger partial charge in [-0.05, 0) is 85.1 Å². The van der Waals surface area contributed by atoms with Crippen LogP contribution in [0.15, 0.2) is 36.0 Å². The van der Waals surface area contributed by atoms with Crippen LogP contribution in [0, 0.1) is 41.4 Å². The highest BCUT2D eigenvalue weighted by atomic mass is 35.5. The minimum Gasteiger partial charge on any atom is -0.457 e. The van der Waals surface area contributed by atoms with Gasteiger partial charge in [-0.25, -0.2) is 4.68 Å². The maximum absolute atomic E-state index is 14.1. The first-order valence-corrected chi connectivity index (χ1v) is 16.8. The SMILES string of the molecule is CCC(=O)OCC(=O)[C@@]1(OC(=O)CC)[C@H](C)C[C@H]2[C@H]3[C@H]([C@@H](O)C[C@@]21C)[C@@]1(C)Cc2cn(-c4cccc(C)c4)nc2C=C1C[C@H]3Cl. The van der Waals surface area contributed by atoms with E-state index in [2.05, 4.69) is 38.3 Å². The Balaban J connectivity index is 1.38. The van der Waals surface area contributed by atoms with Crippen LogP contribution in [0.25, 0.3) is 11.8 Å². The van der Waals surface area contributed by atoms with Gasteiger partial charge in [0.1, 0.15) is 0 Å². The predicted octanol–water partition coefficient (Wildman–Crippen LogP) is 6.01. The lowest BCUT2D eigenvalue weighted by molar-refractivity contribution is -0.207. The summed E-state index contributed by atoms with van der Waals surface area (Å²) >= 11 is 7.35. The van der Waals surface area contributed by atoms with Crippen molar-refractivity contribution in [1.29, 1.82) is 0 Å². The summed E-state index contributed by atoms with van der Waals surface area (Å²) in [6.07, 6.45) is 5.99. The fourth-order valence-electron chi connectivity index (χ4n) is 9.79. The van der Waals surface area contributed by atoms with E-state index in [1.54, 1.807) is 13.8 Å². The van der Waals surface area contributed by atoms with Gasteiger partial charge in [0.15, 0.2) is 12.2 Å². The summed E-state index contributed by atoms with van der Waals surface area (Å²) in [6.45, 7) is 11.1. The van der Waals surface area contributed by atoms with Gasteiger partial charge in [-0.15, -0.1) is 11.6 Å². The van der Waals surface area contributed by atoms with E-state index >= 15 is 0 Å². The highest BCUT2D eigenvalue weighted by Crippen LogP contribution is 2.70. The zero-order valence-corrected chi connectivity index (χ0v) is 27.9. The molecule has 0 spiro atoms. The molecule has 3 saturated carbocycles. The highest BCUT2D eigenvalue weighted by molar-refractivity contribution is 6.21. The summed E-state index contributed by atoms with van der Waals surface area (Å²) in [5.74, 6) is -2.11. The van der Waals surface area contributed by atoms with Gasteiger partial charge < -0.3 is 14.6 Å².